The molecule has 0 aliphatic carbocycles. The molecule has 0 unspecified atom stereocenters. The van der Waals surface area contributed by atoms with Crippen LogP contribution in [0.2, 0.25) is 0 Å². The molecule has 0 bridgehead atoms. The van der Waals surface area contributed by atoms with Crippen LogP contribution >= 0.6 is 0 Å². The van der Waals surface area contributed by atoms with Crippen molar-refractivity contribution in [3.8, 4) is 5.75 Å². The average Bonchev–Trinajstić information content (AvgIpc) is 2.78. The number of hydrogen-bond donors (Lipinski definition) is 1. The fourth-order valence-electron chi connectivity index (χ4n) is 2.35. The van der Waals surface area contributed by atoms with Crippen molar-refractivity contribution in [2.24, 2.45) is 0 Å². The van der Waals surface area contributed by atoms with E-state index in [-0.39, 0.29) is 0 Å². The number of nitrogens with one attached hydrogen (secondary N) is 1. The van der Waals surface area contributed by atoms with Crippen molar-refractivity contribution in [3.05, 3.63) is 23.8 Å². The highest BCUT2D eigenvalue weighted by molar-refractivity contribution is 5.63. The van der Waals surface area contributed by atoms with Gasteiger partial charge in [-0.3, -0.25) is 0 Å². The molecule has 1 aromatic rings. The van der Waals surface area contributed by atoms with Gasteiger partial charge in [0.25, 0.3) is 0 Å². The van der Waals surface area contributed by atoms with E-state index in [0.29, 0.717) is 0 Å². The van der Waals surface area contributed by atoms with Gasteiger partial charge in [-0.1, -0.05) is 12.1 Å². The number of para-hydroxylation sites is 1. The van der Waals surface area contributed by atoms with Gasteiger partial charge >= 0.3 is 0 Å². The molecule has 0 atom stereocenters. The number of rotatable bonds is 1. The van der Waals surface area contributed by atoms with E-state index in [1.807, 2.05) is 0 Å². The Balaban J connectivity index is 1.93. The molecular weight excluding hydrogens is 188 g/mol. The lowest BCUT2D eigenvalue weighted by molar-refractivity contribution is 0.356. The Labute approximate surface area is 90.0 Å². The van der Waals surface area contributed by atoms with Crippen LogP contribution in [-0.2, 0) is 6.42 Å². The summed E-state index contributed by atoms with van der Waals surface area (Å²) in [6.07, 6.45) is 1.06. The fraction of sp³-hybridized carbons (Fsp3) is 0.500. The predicted molar refractivity (Wildman–Crippen MR) is 60.7 cm³/mol. The van der Waals surface area contributed by atoms with E-state index in [1.54, 1.807) is 0 Å². The van der Waals surface area contributed by atoms with Crippen molar-refractivity contribution in [2.75, 3.05) is 37.7 Å². The summed E-state index contributed by atoms with van der Waals surface area (Å²) in [5, 5.41) is 3.37. The zero-order valence-corrected chi connectivity index (χ0v) is 8.83. The van der Waals surface area contributed by atoms with Crippen molar-refractivity contribution >= 4 is 5.69 Å². The van der Waals surface area contributed by atoms with Crippen LogP contribution in [0, 0.1) is 0 Å². The standard InChI is InChI=1S/C12H16N2O/c1-2-10-4-9-15-12(10)11(3-1)14-7-5-13-6-8-14/h1-3,13H,4-9H2. The molecule has 1 aromatic carbocycles. The molecule has 2 aliphatic rings. The number of piperazine rings is 1. The first-order chi connectivity index (χ1) is 7.45. The third kappa shape index (κ3) is 1.57. The van der Waals surface area contributed by atoms with Crippen molar-refractivity contribution in [2.45, 2.75) is 6.42 Å². The van der Waals surface area contributed by atoms with Crippen LogP contribution < -0.4 is 15.0 Å². The minimum absolute atomic E-state index is 0.846. The van der Waals surface area contributed by atoms with Gasteiger partial charge in [0.05, 0.1) is 12.3 Å². The third-order valence-electron chi connectivity index (χ3n) is 3.15. The number of benzene rings is 1. The van der Waals surface area contributed by atoms with Gasteiger partial charge in [-0.05, 0) is 11.6 Å². The van der Waals surface area contributed by atoms with Crippen LogP contribution in [0.3, 0.4) is 0 Å². The topological polar surface area (TPSA) is 24.5 Å². The summed E-state index contributed by atoms with van der Waals surface area (Å²) in [4.78, 5) is 2.42. The molecule has 3 rings (SSSR count). The van der Waals surface area contributed by atoms with Crippen molar-refractivity contribution < 1.29 is 4.74 Å². The van der Waals surface area contributed by atoms with Gasteiger partial charge in [0.1, 0.15) is 5.75 Å². The van der Waals surface area contributed by atoms with E-state index in [9.17, 15) is 0 Å². The van der Waals surface area contributed by atoms with E-state index in [2.05, 4.69) is 28.4 Å². The molecule has 1 saturated heterocycles. The molecule has 0 aromatic heterocycles. The van der Waals surface area contributed by atoms with Crippen LogP contribution in [0.25, 0.3) is 0 Å². The molecule has 0 radical (unpaired) electrons. The second-order valence-electron chi connectivity index (χ2n) is 4.10. The Hall–Kier alpha value is -1.22. The quantitative estimate of drug-likeness (QED) is 0.739. The number of hydrogen-bond acceptors (Lipinski definition) is 3. The lowest BCUT2D eigenvalue weighted by Crippen LogP contribution is -2.43. The summed E-state index contributed by atoms with van der Waals surface area (Å²) >= 11 is 0. The first-order valence-corrected chi connectivity index (χ1v) is 5.65. The van der Waals surface area contributed by atoms with Gasteiger partial charge in [0, 0.05) is 32.6 Å². The normalized spacial score (nSPS) is 19.9. The highest BCUT2D eigenvalue weighted by Crippen LogP contribution is 2.35. The molecule has 1 fully saturated rings. The number of anilines is 1. The van der Waals surface area contributed by atoms with Crippen molar-refractivity contribution in [1.29, 1.82) is 0 Å². The van der Waals surface area contributed by atoms with Gasteiger partial charge in [-0.2, -0.15) is 0 Å². The second-order valence-corrected chi connectivity index (χ2v) is 4.10. The molecule has 2 aliphatic heterocycles. The smallest absolute Gasteiger partial charge is 0.145 e. The molecule has 0 spiro atoms. The maximum Gasteiger partial charge on any atom is 0.145 e. The van der Waals surface area contributed by atoms with E-state index in [1.165, 1.54) is 11.3 Å². The first kappa shape index (κ1) is 9.04. The molecule has 80 valence electrons. The third-order valence-corrected chi connectivity index (χ3v) is 3.15. The average molecular weight is 204 g/mol. The van der Waals surface area contributed by atoms with Crippen LogP contribution in [0.15, 0.2) is 18.2 Å². The molecular formula is C12H16N2O. The zero-order valence-electron chi connectivity index (χ0n) is 8.83. The molecule has 15 heavy (non-hydrogen) atoms. The second kappa shape index (κ2) is 3.74. The summed E-state index contributed by atoms with van der Waals surface area (Å²) in [6.45, 7) is 5.16. The van der Waals surface area contributed by atoms with Gasteiger partial charge in [-0.15, -0.1) is 0 Å². The molecule has 2 heterocycles. The molecule has 3 nitrogen and oxygen atoms in total. The largest absolute Gasteiger partial charge is 0.491 e. The first-order valence-electron chi connectivity index (χ1n) is 5.65. The maximum absolute atomic E-state index is 5.72. The van der Waals surface area contributed by atoms with Gasteiger partial charge in [0.15, 0.2) is 0 Å². The van der Waals surface area contributed by atoms with Gasteiger partial charge in [-0.25, -0.2) is 0 Å². The Morgan fingerprint density at radius 2 is 2.07 bits per heavy atom. The van der Waals surface area contributed by atoms with Crippen molar-refractivity contribution in [1.82, 2.24) is 5.32 Å². The number of fused-ring (bicyclic) bond motifs is 1. The lowest BCUT2D eigenvalue weighted by atomic mass is 10.1. The van der Waals surface area contributed by atoms with Gasteiger partial charge in [0.2, 0.25) is 0 Å². The Morgan fingerprint density at radius 1 is 1.20 bits per heavy atom. The van der Waals surface area contributed by atoms with Crippen LogP contribution in [0.1, 0.15) is 5.56 Å². The Morgan fingerprint density at radius 3 is 2.93 bits per heavy atom. The molecule has 0 saturated carbocycles. The van der Waals surface area contributed by atoms with E-state index in [4.69, 9.17) is 4.74 Å². The minimum Gasteiger partial charge on any atom is -0.491 e. The van der Waals surface area contributed by atoms with E-state index < -0.39 is 0 Å². The summed E-state index contributed by atoms with van der Waals surface area (Å²) in [5.41, 5.74) is 2.65. The van der Waals surface area contributed by atoms with Crippen LogP contribution in [-0.4, -0.2) is 32.8 Å². The van der Waals surface area contributed by atoms with Crippen molar-refractivity contribution in [3.63, 3.8) is 0 Å². The number of nitrogens with zero attached hydrogens (tertiary/aromatic N) is 1. The van der Waals surface area contributed by atoms with E-state index >= 15 is 0 Å². The summed E-state index contributed by atoms with van der Waals surface area (Å²) < 4.78 is 5.72. The van der Waals surface area contributed by atoms with Gasteiger partial charge < -0.3 is 15.0 Å². The molecule has 1 N–H and O–H groups in total. The fourth-order valence-corrected chi connectivity index (χ4v) is 2.35. The summed E-state index contributed by atoms with van der Waals surface area (Å²) in [5.74, 6) is 1.12. The molecule has 3 heteroatoms. The van der Waals surface area contributed by atoms with E-state index in [0.717, 1.165) is 45.0 Å². The summed E-state index contributed by atoms with van der Waals surface area (Å²) in [7, 11) is 0. The lowest BCUT2D eigenvalue weighted by Gasteiger charge is -2.30. The van der Waals surface area contributed by atoms with Crippen LogP contribution in [0.4, 0.5) is 5.69 Å². The predicted octanol–water partition coefficient (Wildman–Crippen LogP) is 1.03. The minimum atomic E-state index is 0.846. The van der Waals surface area contributed by atoms with Crippen LogP contribution in [0.5, 0.6) is 5.75 Å². The monoisotopic (exact) mass is 204 g/mol. The SMILES string of the molecule is c1cc2c(c(N3CCNCC3)c1)OCC2. The highest BCUT2D eigenvalue weighted by atomic mass is 16.5. The highest BCUT2D eigenvalue weighted by Gasteiger charge is 2.20. The number of ether oxygens (including phenoxy) is 1. The molecule has 0 amide bonds. The summed E-state index contributed by atoms with van der Waals surface area (Å²) in [6, 6.07) is 6.49. The zero-order chi connectivity index (χ0) is 10.1. The Kier molecular flexibility index (Phi) is 2.25. The Bertz CT molecular complexity index is 359. The maximum atomic E-state index is 5.72.